The minimum atomic E-state index is -0.436. The summed E-state index contributed by atoms with van der Waals surface area (Å²) in [5, 5.41) is 18.6. The SMILES string of the molecule is Cn1c[n+](/N=C\c2cccc([N+](=O)[O-])c2)cn1. The van der Waals surface area contributed by atoms with Crippen molar-refractivity contribution in [2.75, 3.05) is 0 Å². The highest BCUT2D eigenvalue weighted by Gasteiger charge is 2.04. The van der Waals surface area contributed by atoms with Gasteiger partial charge in [0.2, 0.25) is 6.33 Å². The van der Waals surface area contributed by atoms with Crippen LogP contribution in [0, 0.1) is 10.1 Å². The molecule has 86 valence electrons. The van der Waals surface area contributed by atoms with Crippen LogP contribution in [-0.4, -0.2) is 20.9 Å². The van der Waals surface area contributed by atoms with Crippen molar-refractivity contribution >= 4 is 11.9 Å². The maximum atomic E-state index is 10.6. The molecule has 0 unspecified atom stereocenters. The first kappa shape index (κ1) is 10.9. The van der Waals surface area contributed by atoms with Crippen LogP contribution in [0.15, 0.2) is 42.0 Å². The molecule has 2 aromatic rings. The molecule has 17 heavy (non-hydrogen) atoms. The van der Waals surface area contributed by atoms with Crippen LogP contribution in [0.25, 0.3) is 0 Å². The maximum Gasteiger partial charge on any atom is 0.288 e. The lowest BCUT2D eigenvalue weighted by molar-refractivity contribution is -0.679. The van der Waals surface area contributed by atoms with Crippen LogP contribution >= 0.6 is 0 Å². The van der Waals surface area contributed by atoms with Crippen LogP contribution in [-0.2, 0) is 7.05 Å². The molecule has 7 nitrogen and oxygen atoms in total. The number of non-ortho nitro benzene ring substituents is 1. The van der Waals surface area contributed by atoms with E-state index in [2.05, 4.69) is 10.2 Å². The molecule has 0 bridgehead atoms. The third-order valence-electron chi connectivity index (χ3n) is 2.06. The fourth-order valence-corrected chi connectivity index (χ4v) is 1.28. The monoisotopic (exact) mass is 232 g/mol. The summed E-state index contributed by atoms with van der Waals surface area (Å²) in [6.07, 6.45) is 4.75. The predicted octanol–water partition coefficient (Wildman–Crippen LogP) is 0.498. The predicted molar refractivity (Wildman–Crippen MR) is 59.5 cm³/mol. The molecule has 0 spiro atoms. The number of aryl methyl sites for hydroxylation is 1. The fraction of sp³-hybridized carbons (Fsp3) is 0.100. The van der Waals surface area contributed by atoms with E-state index in [9.17, 15) is 10.1 Å². The number of hydrogen-bond donors (Lipinski definition) is 0. The zero-order chi connectivity index (χ0) is 12.3. The summed E-state index contributed by atoms with van der Waals surface area (Å²) in [6, 6.07) is 6.26. The second kappa shape index (κ2) is 4.52. The molecule has 0 saturated heterocycles. The Bertz CT molecular complexity index is 576. The highest BCUT2D eigenvalue weighted by Crippen LogP contribution is 2.11. The zero-order valence-corrected chi connectivity index (χ0v) is 9.09. The van der Waals surface area contributed by atoms with Crippen molar-refractivity contribution in [3.63, 3.8) is 0 Å². The molecule has 0 fully saturated rings. The summed E-state index contributed by atoms with van der Waals surface area (Å²) in [4.78, 5) is 10.1. The molecular weight excluding hydrogens is 222 g/mol. The molecule has 0 aliphatic heterocycles. The Morgan fingerprint density at radius 1 is 1.59 bits per heavy atom. The smallest absolute Gasteiger partial charge is 0.258 e. The molecule has 0 aliphatic carbocycles. The molecule has 1 aromatic heterocycles. The molecule has 0 radical (unpaired) electrons. The average Bonchev–Trinajstić information content (AvgIpc) is 2.73. The van der Waals surface area contributed by atoms with Crippen molar-refractivity contribution < 1.29 is 9.60 Å². The Kier molecular flexibility index (Phi) is 2.91. The van der Waals surface area contributed by atoms with Crippen molar-refractivity contribution in [3.05, 3.63) is 52.6 Å². The largest absolute Gasteiger partial charge is 0.288 e. The lowest BCUT2D eigenvalue weighted by Gasteiger charge is -1.92. The Morgan fingerprint density at radius 2 is 2.41 bits per heavy atom. The van der Waals surface area contributed by atoms with Crippen LogP contribution in [0.1, 0.15) is 5.56 Å². The summed E-state index contributed by atoms with van der Waals surface area (Å²) in [7, 11) is 1.78. The summed E-state index contributed by atoms with van der Waals surface area (Å²) in [5.74, 6) is 0. The third kappa shape index (κ3) is 2.71. The lowest BCUT2D eigenvalue weighted by Crippen LogP contribution is -2.24. The molecule has 0 atom stereocenters. The van der Waals surface area contributed by atoms with Crippen LogP contribution in [0.4, 0.5) is 5.69 Å². The zero-order valence-electron chi connectivity index (χ0n) is 9.09. The summed E-state index contributed by atoms with van der Waals surface area (Å²) in [6.45, 7) is 0. The number of hydrogen-bond acceptors (Lipinski definition) is 4. The molecule has 1 heterocycles. The van der Waals surface area contributed by atoms with E-state index in [0.717, 1.165) is 0 Å². The molecule has 0 N–H and O–H groups in total. The van der Waals surface area contributed by atoms with Crippen molar-refractivity contribution in [2.45, 2.75) is 0 Å². The van der Waals surface area contributed by atoms with Gasteiger partial charge in [-0.3, -0.25) is 10.1 Å². The highest BCUT2D eigenvalue weighted by atomic mass is 16.6. The molecule has 0 aliphatic rings. The number of nitro benzene ring substituents is 1. The van der Waals surface area contributed by atoms with E-state index in [1.165, 1.54) is 29.4 Å². The van der Waals surface area contributed by atoms with Gasteiger partial charge in [0.05, 0.1) is 18.2 Å². The Labute approximate surface area is 96.8 Å². The van der Waals surface area contributed by atoms with Gasteiger partial charge in [0.25, 0.3) is 12.0 Å². The van der Waals surface area contributed by atoms with Crippen molar-refractivity contribution in [1.29, 1.82) is 0 Å². The second-order valence-electron chi connectivity index (χ2n) is 3.40. The Morgan fingerprint density at radius 3 is 3.06 bits per heavy atom. The molecule has 0 amide bonds. The van der Waals surface area contributed by atoms with Crippen molar-refractivity contribution in [1.82, 2.24) is 9.78 Å². The first-order chi connectivity index (χ1) is 8.15. The first-order valence-electron chi connectivity index (χ1n) is 4.84. The number of nitrogens with zero attached hydrogens (tertiary/aromatic N) is 5. The van der Waals surface area contributed by atoms with Crippen LogP contribution < -0.4 is 4.68 Å². The van der Waals surface area contributed by atoms with E-state index >= 15 is 0 Å². The second-order valence-corrected chi connectivity index (χ2v) is 3.40. The van der Waals surface area contributed by atoms with Crippen LogP contribution in [0.3, 0.4) is 0 Å². The highest BCUT2D eigenvalue weighted by molar-refractivity contribution is 5.79. The van der Waals surface area contributed by atoms with E-state index in [1.807, 2.05) is 0 Å². The molecule has 2 rings (SSSR count). The Balaban J connectivity index is 2.21. The van der Waals surface area contributed by atoms with E-state index in [0.29, 0.717) is 5.56 Å². The van der Waals surface area contributed by atoms with Gasteiger partial charge in [0, 0.05) is 22.8 Å². The fourth-order valence-electron chi connectivity index (χ4n) is 1.28. The molecule has 7 heteroatoms. The average molecular weight is 232 g/mol. The van der Waals surface area contributed by atoms with Gasteiger partial charge < -0.3 is 0 Å². The summed E-state index contributed by atoms with van der Waals surface area (Å²) < 4.78 is 3.11. The van der Waals surface area contributed by atoms with Gasteiger partial charge in [0.1, 0.15) is 0 Å². The number of nitro groups is 1. The number of aromatic nitrogens is 3. The topological polar surface area (TPSA) is 77.2 Å². The molecule has 0 saturated carbocycles. The van der Waals surface area contributed by atoms with Gasteiger partial charge in [-0.05, 0) is 0 Å². The molecular formula is C10H10N5O2+. The van der Waals surface area contributed by atoms with Gasteiger partial charge in [-0.1, -0.05) is 12.1 Å². The third-order valence-corrected chi connectivity index (χ3v) is 2.06. The van der Waals surface area contributed by atoms with E-state index in [4.69, 9.17) is 0 Å². The summed E-state index contributed by atoms with van der Waals surface area (Å²) >= 11 is 0. The Hall–Kier alpha value is -2.57. The molecule has 1 aromatic carbocycles. The van der Waals surface area contributed by atoms with Gasteiger partial charge >= 0.3 is 0 Å². The quantitative estimate of drug-likeness (QED) is 0.334. The van der Waals surface area contributed by atoms with Crippen LogP contribution in [0.2, 0.25) is 0 Å². The summed E-state index contributed by atoms with van der Waals surface area (Å²) in [5.41, 5.74) is 0.709. The van der Waals surface area contributed by atoms with E-state index in [1.54, 1.807) is 30.2 Å². The number of rotatable bonds is 3. The van der Waals surface area contributed by atoms with E-state index < -0.39 is 4.92 Å². The normalized spacial score (nSPS) is 10.9. The van der Waals surface area contributed by atoms with Gasteiger partial charge in [-0.15, -0.1) is 14.5 Å². The van der Waals surface area contributed by atoms with E-state index in [-0.39, 0.29) is 5.69 Å². The van der Waals surface area contributed by atoms with Crippen molar-refractivity contribution in [2.24, 2.45) is 12.1 Å². The van der Waals surface area contributed by atoms with Gasteiger partial charge in [-0.2, -0.15) is 0 Å². The number of benzene rings is 1. The lowest BCUT2D eigenvalue weighted by atomic mass is 10.2. The maximum absolute atomic E-state index is 10.6. The minimum Gasteiger partial charge on any atom is -0.258 e. The standard InChI is InChI=1S/C10H10N5O2/c1-13-8-14(7-12-13)11-6-9-3-2-4-10(5-9)15(16)17/h2-8H,1H3/q+1/b11-6-. The van der Waals surface area contributed by atoms with Crippen molar-refractivity contribution in [3.8, 4) is 0 Å². The van der Waals surface area contributed by atoms with Gasteiger partial charge in [0.15, 0.2) is 0 Å². The minimum absolute atomic E-state index is 0.0464. The first-order valence-corrected chi connectivity index (χ1v) is 4.84. The van der Waals surface area contributed by atoms with Crippen LogP contribution in [0.5, 0.6) is 0 Å². The van der Waals surface area contributed by atoms with Gasteiger partial charge in [-0.25, -0.2) is 0 Å².